The maximum atomic E-state index is 13.8. The summed E-state index contributed by atoms with van der Waals surface area (Å²) in [4.78, 5) is 23.1. The topological polar surface area (TPSA) is 35.9 Å². The van der Waals surface area contributed by atoms with E-state index in [1.165, 1.54) is 5.56 Å². The summed E-state index contributed by atoms with van der Waals surface area (Å²) in [6.07, 6.45) is 0.959. The van der Waals surface area contributed by atoms with Crippen molar-refractivity contribution in [3.8, 4) is 0 Å². The Morgan fingerprint density at radius 3 is 2.45 bits per heavy atom. The summed E-state index contributed by atoms with van der Waals surface area (Å²) in [6.45, 7) is 0.880. The molecular weight excluding hydrogens is 426 g/mol. The summed E-state index contributed by atoms with van der Waals surface area (Å²) in [7, 11) is 1.84. The van der Waals surface area contributed by atoms with Crippen LogP contribution in [0.25, 0.3) is 0 Å². The van der Waals surface area contributed by atoms with Crippen LogP contribution in [-0.2, 0) is 16.8 Å². The maximum absolute atomic E-state index is 13.8. The Hall–Kier alpha value is -2.92. The number of carbonyl (C=O) groups excluding carboxylic acids is 1. The summed E-state index contributed by atoms with van der Waals surface area (Å²) in [5, 5.41) is 0. The van der Waals surface area contributed by atoms with Gasteiger partial charge in [-0.3, -0.25) is 4.79 Å². The molecule has 29 heavy (non-hydrogen) atoms. The molecule has 3 aromatic rings. The zero-order chi connectivity index (χ0) is 19.8. The van der Waals surface area contributed by atoms with Gasteiger partial charge in [0, 0.05) is 34.8 Å². The molecule has 0 aromatic heterocycles. The zero-order valence-electron chi connectivity index (χ0n) is 15.9. The van der Waals surface area contributed by atoms with Crippen molar-refractivity contribution in [2.75, 3.05) is 23.4 Å². The monoisotopic (exact) mass is 443 g/mol. The number of anilines is 2. The van der Waals surface area contributed by atoms with Gasteiger partial charge in [0.25, 0.3) is 5.91 Å². The van der Waals surface area contributed by atoms with Crippen LogP contribution in [0.3, 0.4) is 0 Å². The van der Waals surface area contributed by atoms with Crippen molar-refractivity contribution in [1.29, 1.82) is 0 Å². The van der Waals surface area contributed by atoms with E-state index in [0.29, 0.717) is 0 Å². The van der Waals surface area contributed by atoms with Crippen molar-refractivity contribution in [2.24, 2.45) is 4.99 Å². The third-order valence-electron chi connectivity index (χ3n) is 6.27. The Balaban J connectivity index is 1.74. The van der Waals surface area contributed by atoms with Crippen LogP contribution in [0.5, 0.6) is 0 Å². The van der Waals surface area contributed by atoms with Crippen molar-refractivity contribution in [1.82, 2.24) is 0 Å². The smallest absolute Gasteiger partial charge is 0.264 e. The van der Waals surface area contributed by atoms with Crippen LogP contribution in [0.2, 0.25) is 0 Å². The molecule has 1 atom stereocenters. The first-order valence-corrected chi connectivity index (χ1v) is 10.5. The number of para-hydroxylation sites is 2. The molecule has 1 unspecified atom stereocenters. The molecule has 5 heteroatoms. The largest absolute Gasteiger partial charge is 0.325 e. The number of nitrogens with zero attached hydrogens (tertiary/aromatic N) is 3. The number of fused-ring (bicyclic) bond motifs is 3. The van der Waals surface area contributed by atoms with Gasteiger partial charge in [-0.05, 0) is 34.0 Å². The van der Waals surface area contributed by atoms with Crippen LogP contribution in [0, 0.1) is 0 Å². The summed E-state index contributed by atoms with van der Waals surface area (Å²) in [5.41, 5.74) is 5.24. The number of hydrogen-bond donors (Lipinski definition) is 0. The van der Waals surface area contributed by atoms with Gasteiger partial charge in [-0.25, -0.2) is 4.99 Å². The average molecular weight is 444 g/mol. The summed E-state index contributed by atoms with van der Waals surface area (Å²) >= 11 is 3.65. The average Bonchev–Trinajstić information content (AvgIpc) is 3.27. The Bertz CT molecular complexity index is 1220. The second-order valence-corrected chi connectivity index (χ2v) is 8.58. The van der Waals surface area contributed by atoms with Crippen LogP contribution < -0.4 is 9.80 Å². The highest BCUT2D eigenvalue weighted by molar-refractivity contribution is 9.10. The molecule has 0 saturated carbocycles. The molecule has 3 aliphatic heterocycles. The quantitative estimate of drug-likeness (QED) is 0.555. The standard InChI is InChI=1S/C24H18BrN3O/c1-27-21-18(11-6-12-19(21)25)24(23(27)29)17-10-5-9-15-13-14-28(20(15)17)22(26-24)16-7-3-2-4-8-16/h2-12H,13-14H2,1H3. The number of amides is 1. The first kappa shape index (κ1) is 17.0. The zero-order valence-corrected chi connectivity index (χ0v) is 17.5. The minimum Gasteiger partial charge on any atom is -0.325 e. The molecule has 142 valence electrons. The fourth-order valence-electron chi connectivity index (χ4n) is 5.02. The van der Waals surface area contributed by atoms with Gasteiger partial charge in [0.2, 0.25) is 0 Å². The predicted octanol–water partition coefficient (Wildman–Crippen LogP) is 4.49. The predicted molar refractivity (Wildman–Crippen MR) is 119 cm³/mol. The lowest BCUT2D eigenvalue weighted by molar-refractivity contribution is -0.121. The lowest BCUT2D eigenvalue weighted by Crippen LogP contribution is -2.46. The molecule has 1 amide bonds. The van der Waals surface area contributed by atoms with Crippen molar-refractivity contribution in [3.63, 3.8) is 0 Å². The molecule has 1 spiro atoms. The Morgan fingerprint density at radius 1 is 0.931 bits per heavy atom. The number of amidine groups is 1. The minimum atomic E-state index is -1.05. The van der Waals surface area contributed by atoms with Crippen molar-refractivity contribution < 1.29 is 4.79 Å². The summed E-state index contributed by atoms with van der Waals surface area (Å²) < 4.78 is 0.911. The third-order valence-corrected chi connectivity index (χ3v) is 6.91. The Kier molecular flexibility index (Phi) is 3.40. The number of halogens is 1. The highest BCUT2D eigenvalue weighted by Crippen LogP contribution is 2.55. The lowest BCUT2D eigenvalue weighted by Gasteiger charge is -2.37. The molecule has 0 aliphatic carbocycles. The number of likely N-dealkylation sites (N-methyl/N-ethyl adjacent to an activating group) is 1. The SMILES string of the molecule is CN1C(=O)C2(N=C(c3ccccc3)N3CCc4cccc2c43)c2cccc(Br)c21. The van der Waals surface area contributed by atoms with Crippen LogP contribution in [-0.4, -0.2) is 25.3 Å². The van der Waals surface area contributed by atoms with Crippen molar-refractivity contribution in [2.45, 2.75) is 12.0 Å². The molecule has 0 bridgehead atoms. The molecule has 0 radical (unpaired) electrons. The lowest BCUT2D eigenvalue weighted by atomic mass is 9.81. The molecule has 0 fully saturated rings. The van der Waals surface area contributed by atoms with Gasteiger partial charge in [-0.15, -0.1) is 0 Å². The molecule has 3 aromatic carbocycles. The van der Waals surface area contributed by atoms with Crippen LogP contribution in [0.1, 0.15) is 22.3 Å². The number of carbonyl (C=O) groups is 1. The Labute approximate surface area is 177 Å². The fourth-order valence-corrected chi connectivity index (χ4v) is 5.65. The Morgan fingerprint density at radius 2 is 1.66 bits per heavy atom. The van der Waals surface area contributed by atoms with E-state index in [4.69, 9.17) is 4.99 Å². The van der Waals surface area contributed by atoms with Gasteiger partial charge in [-0.2, -0.15) is 0 Å². The van der Waals surface area contributed by atoms with Gasteiger partial charge in [0.05, 0.1) is 11.4 Å². The molecule has 0 saturated heterocycles. The van der Waals surface area contributed by atoms with Crippen LogP contribution in [0.4, 0.5) is 11.4 Å². The third kappa shape index (κ3) is 2.03. The number of aliphatic imine (C=N–C) groups is 1. The molecule has 3 heterocycles. The highest BCUT2D eigenvalue weighted by Gasteiger charge is 2.56. The molecule has 4 nitrogen and oxygen atoms in total. The second-order valence-electron chi connectivity index (χ2n) is 7.73. The van der Waals surface area contributed by atoms with Gasteiger partial charge in [0.15, 0.2) is 5.54 Å². The van der Waals surface area contributed by atoms with E-state index in [-0.39, 0.29) is 5.91 Å². The molecule has 6 rings (SSSR count). The molecule has 0 N–H and O–H groups in total. The number of benzene rings is 3. The van der Waals surface area contributed by atoms with E-state index in [1.807, 2.05) is 43.4 Å². The van der Waals surface area contributed by atoms with Crippen LogP contribution in [0.15, 0.2) is 76.2 Å². The number of rotatable bonds is 1. The molecule has 3 aliphatic rings. The first-order chi connectivity index (χ1) is 14.1. The summed E-state index contributed by atoms with van der Waals surface area (Å²) in [6, 6.07) is 22.5. The fraction of sp³-hybridized carbons (Fsp3) is 0.167. The number of hydrogen-bond acceptors (Lipinski definition) is 3. The maximum Gasteiger partial charge on any atom is 0.264 e. The van der Waals surface area contributed by atoms with Crippen molar-refractivity contribution in [3.05, 3.63) is 93.5 Å². The minimum absolute atomic E-state index is 0.00668. The van der Waals surface area contributed by atoms with Crippen molar-refractivity contribution >= 4 is 39.0 Å². The van der Waals surface area contributed by atoms with E-state index >= 15 is 0 Å². The second kappa shape index (κ2) is 5.80. The van der Waals surface area contributed by atoms with Gasteiger partial charge in [-0.1, -0.05) is 60.7 Å². The van der Waals surface area contributed by atoms with Gasteiger partial charge in [0.1, 0.15) is 5.84 Å². The van der Waals surface area contributed by atoms with Gasteiger partial charge >= 0.3 is 0 Å². The first-order valence-electron chi connectivity index (χ1n) is 9.75. The molecular formula is C24H18BrN3O. The van der Waals surface area contributed by atoms with E-state index < -0.39 is 5.54 Å². The van der Waals surface area contributed by atoms with Gasteiger partial charge < -0.3 is 9.80 Å². The van der Waals surface area contributed by atoms with E-state index in [1.54, 1.807) is 4.90 Å². The van der Waals surface area contributed by atoms with Crippen LogP contribution >= 0.6 is 15.9 Å². The summed E-state index contributed by atoms with van der Waals surface area (Å²) in [5.74, 6) is 0.866. The normalized spacial score (nSPS) is 21.4. The van der Waals surface area contributed by atoms with E-state index in [9.17, 15) is 4.79 Å². The van der Waals surface area contributed by atoms with E-state index in [2.05, 4.69) is 51.2 Å². The highest BCUT2D eigenvalue weighted by atomic mass is 79.9. The van der Waals surface area contributed by atoms with E-state index in [0.717, 1.165) is 51.3 Å².